The van der Waals surface area contributed by atoms with Crippen LogP contribution in [0.25, 0.3) is 0 Å². The van der Waals surface area contributed by atoms with Crippen molar-refractivity contribution in [3.05, 3.63) is 30.1 Å². The van der Waals surface area contributed by atoms with Crippen LogP contribution in [0.5, 0.6) is 0 Å². The Bertz CT molecular complexity index is 574. The summed E-state index contributed by atoms with van der Waals surface area (Å²) in [6.07, 6.45) is 0. The number of benzene rings is 1. The first-order valence-corrected chi connectivity index (χ1v) is 8.04. The lowest BCUT2D eigenvalue weighted by atomic mass is 10.2. The lowest BCUT2D eigenvalue weighted by molar-refractivity contribution is -0.140. The van der Waals surface area contributed by atoms with E-state index in [1.807, 2.05) is 4.90 Å². The van der Waals surface area contributed by atoms with E-state index in [1.165, 1.54) is 17.9 Å². The normalized spacial score (nSPS) is 14.6. The summed E-state index contributed by atoms with van der Waals surface area (Å²) < 4.78 is 18.8. The molecule has 1 saturated heterocycles. The molecule has 0 atom stereocenters. The van der Waals surface area contributed by atoms with Gasteiger partial charge in [-0.15, -0.1) is 0 Å². The molecule has 0 aromatic heterocycles. The van der Waals surface area contributed by atoms with E-state index in [0.717, 1.165) is 0 Å². The minimum Gasteiger partial charge on any atom is -0.383 e. The van der Waals surface area contributed by atoms with Gasteiger partial charge < -0.3 is 19.4 Å². The number of carbonyl (C=O) groups excluding carboxylic acids is 2. The van der Waals surface area contributed by atoms with Crippen LogP contribution < -0.4 is 4.90 Å². The molecule has 2 amide bonds. The molecule has 1 aliphatic rings. The van der Waals surface area contributed by atoms with Gasteiger partial charge in [0.25, 0.3) is 0 Å². The molecular weight excluding hydrogens is 313 g/mol. The molecule has 0 spiro atoms. The van der Waals surface area contributed by atoms with Gasteiger partial charge in [-0.2, -0.15) is 0 Å². The van der Waals surface area contributed by atoms with Crippen LogP contribution in [0.1, 0.15) is 6.92 Å². The second-order valence-corrected chi connectivity index (χ2v) is 5.75. The van der Waals surface area contributed by atoms with Crippen LogP contribution in [-0.4, -0.2) is 74.6 Å². The maximum absolute atomic E-state index is 13.8. The van der Waals surface area contributed by atoms with Crippen molar-refractivity contribution < 1.29 is 18.7 Å². The number of carbonyl (C=O) groups is 2. The molecule has 0 N–H and O–H groups in total. The molecule has 6 nitrogen and oxygen atoms in total. The number of methoxy groups -OCH3 is 1. The van der Waals surface area contributed by atoms with Gasteiger partial charge in [0.1, 0.15) is 5.82 Å². The van der Waals surface area contributed by atoms with Crippen molar-refractivity contribution in [2.45, 2.75) is 6.92 Å². The number of nitrogens with zero attached hydrogens (tertiary/aromatic N) is 3. The van der Waals surface area contributed by atoms with Crippen molar-refractivity contribution in [3.8, 4) is 0 Å². The molecule has 0 radical (unpaired) electrons. The monoisotopic (exact) mass is 337 g/mol. The van der Waals surface area contributed by atoms with Gasteiger partial charge in [-0.05, 0) is 12.1 Å². The van der Waals surface area contributed by atoms with Crippen molar-refractivity contribution >= 4 is 17.5 Å². The van der Waals surface area contributed by atoms with Gasteiger partial charge in [0, 0.05) is 46.8 Å². The van der Waals surface area contributed by atoms with Crippen molar-refractivity contribution in [3.63, 3.8) is 0 Å². The lowest BCUT2D eigenvalue weighted by Crippen LogP contribution is -2.52. The molecule has 1 aromatic carbocycles. The van der Waals surface area contributed by atoms with Crippen LogP contribution in [0.2, 0.25) is 0 Å². The molecule has 132 valence electrons. The molecule has 1 aromatic rings. The number of ether oxygens (including phenoxy) is 1. The van der Waals surface area contributed by atoms with E-state index in [-0.39, 0.29) is 24.2 Å². The Morgan fingerprint density at radius 1 is 1.21 bits per heavy atom. The summed E-state index contributed by atoms with van der Waals surface area (Å²) in [6, 6.07) is 6.65. The van der Waals surface area contributed by atoms with E-state index in [9.17, 15) is 14.0 Å². The highest BCUT2D eigenvalue weighted by atomic mass is 19.1. The predicted octanol–water partition coefficient (Wildman–Crippen LogP) is 0.969. The number of rotatable bonds is 6. The van der Waals surface area contributed by atoms with E-state index >= 15 is 0 Å². The van der Waals surface area contributed by atoms with Gasteiger partial charge in [0.15, 0.2) is 0 Å². The molecule has 0 bridgehead atoms. The fraction of sp³-hybridized carbons (Fsp3) is 0.529. The first-order chi connectivity index (χ1) is 11.5. The maximum Gasteiger partial charge on any atom is 0.242 e. The molecule has 0 unspecified atom stereocenters. The minimum atomic E-state index is -0.250. The van der Waals surface area contributed by atoms with Crippen LogP contribution >= 0.6 is 0 Å². The molecule has 2 rings (SSSR count). The highest BCUT2D eigenvalue weighted by Gasteiger charge is 2.24. The van der Waals surface area contributed by atoms with Crippen LogP contribution in [-0.2, 0) is 14.3 Å². The number of piperazine rings is 1. The zero-order valence-electron chi connectivity index (χ0n) is 14.2. The van der Waals surface area contributed by atoms with Crippen molar-refractivity contribution in [2.24, 2.45) is 0 Å². The Morgan fingerprint density at radius 2 is 1.88 bits per heavy atom. The fourth-order valence-electron chi connectivity index (χ4n) is 2.72. The van der Waals surface area contributed by atoms with Crippen molar-refractivity contribution in [2.75, 3.05) is 57.9 Å². The largest absolute Gasteiger partial charge is 0.383 e. The predicted molar refractivity (Wildman–Crippen MR) is 89.3 cm³/mol. The Labute approximate surface area is 141 Å². The highest BCUT2D eigenvalue weighted by molar-refractivity contribution is 5.84. The SMILES string of the molecule is COCCN(CC(=O)N1CCN(c2ccccc2F)CC1)C(C)=O. The topological polar surface area (TPSA) is 53.1 Å². The van der Waals surface area contributed by atoms with Gasteiger partial charge in [-0.1, -0.05) is 12.1 Å². The van der Waals surface area contributed by atoms with Gasteiger partial charge in [-0.25, -0.2) is 4.39 Å². The smallest absolute Gasteiger partial charge is 0.242 e. The zero-order valence-corrected chi connectivity index (χ0v) is 14.2. The summed E-state index contributed by atoms with van der Waals surface area (Å²) in [5, 5.41) is 0. The molecule has 1 aliphatic heterocycles. The summed E-state index contributed by atoms with van der Waals surface area (Å²) in [5.41, 5.74) is 0.565. The average Bonchev–Trinajstić information content (AvgIpc) is 2.58. The van der Waals surface area contributed by atoms with E-state index in [4.69, 9.17) is 4.74 Å². The molecule has 1 fully saturated rings. The molecule has 0 saturated carbocycles. The Hall–Kier alpha value is -2.15. The molecule has 0 aliphatic carbocycles. The lowest BCUT2D eigenvalue weighted by Gasteiger charge is -2.37. The summed E-state index contributed by atoms with van der Waals surface area (Å²) in [7, 11) is 1.56. The Kier molecular flexibility index (Phi) is 6.54. The maximum atomic E-state index is 13.8. The van der Waals surface area contributed by atoms with Gasteiger partial charge in [0.2, 0.25) is 11.8 Å². The fourth-order valence-corrected chi connectivity index (χ4v) is 2.72. The average molecular weight is 337 g/mol. The van der Waals surface area contributed by atoms with E-state index in [2.05, 4.69) is 0 Å². The quantitative estimate of drug-likeness (QED) is 0.776. The molecule has 7 heteroatoms. The third-order valence-corrected chi connectivity index (χ3v) is 4.16. The summed E-state index contributed by atoms with van der Waals surface area (Å²) in [5.74, 6) is -0.487. The number of hydrogen-bond donors (Lipinski definition) is 0. The molecule has 24 heavy (non-hydrogen) atoms. The first-order valence-electron chi connectivity index (χ1n) is 8.04. The van der Waals surface area contributed by atoms with Crippen molar-refractivity contribution in [1.29, 1.82) is 0 Å². The second kappa shape index (κ2) is 8.63. The third-order valence-electron chi connectivity index (χ3n) is 4.16. The van der Waals surface area contributed by atoms with Crippen LogP contribution in [0.15, 0.2) is 24.3 Å². The van der Waals surface area contributed by atoms with Crippen LogP contribution in [0.3, 0.4) is 0 Å². The number of halogens is 1. The van der Waals surface area contributed by atoms with E-state index < -0.39 is 0 Å². The Morgan fingerprint density at radius 3 is 2.46 bits per heavy atom. The van der Waals surface area contributed by atoms with E-state index in [1.54, 1.807) is 30.2 Å². The van der Waals surface area contributed by atoms with Crippen molar-refractivity contribution in [1.82, 2.24) is 9.80 Å². The van der Waals surface area contributed by atoms with Gasteiger partial charge in [0.05, 0.1) is 18.8 Å². The number of para-hydroxylation sites is 1. The van der Waals surface area contributed by atoms with Gasteiger partial charge >= 0.3 is 0 Å². The Balaban J connectivity index is 1.88. The molecular formula is C17H24FN3O3. The standard InChI is InChI=1S/C17H24FN3O3/c1-14(22)21(11-12-24-2)13-17(23)20-9-7-19(8-10-20)16-6-4-3-5-15(16)18/h3-6H,7-13H2,1-2H3. The third kappa shape index (κ3) is 4.67. The van der Waals surface area contributed by atoms with Crippen LogP contribution in [0.4, 0.5) is 10.1 Å². The van der Waals surface area contributed by atoms with Gasteiger partial charge in [-0.3, -0.25) is 9.59 Å². The molecule has 1 heterocycles. The minimum absolute atomic E-state index is 0.0540. The summed E-state index contributed by atoms with van der Waals surface area (Å²) in [4.78, 5) is 29.1. The van der Waals surface area contributed by atoms with Crippen LogP contribution in [0, 0.1) is 5.82 Å². The zero-order chi connectivity index (χ0) is 17.5. The number of amides is 2. The number of anilines is 1. The van der Waals surface area contributed by atoms with E-state index in [0.29, 0.717) is 45.0 Å². The summed E-state index contributed by atoms with van der Waals surface area (Å²) in [6.45, 7) is 4.47. The highest BCUT2D eigenvalue weighted by Crippen LogP contribution is 2.20. The second-order valence-electron chi connectivity index (χ2n) is 5.75. The number of hydrogen-bond acceptors (Lipinski definition) is 4. The first kappa shape index (κ1) is 18.2. The summed E-state index contributed by atoms with van der Waals surface area (Å²) >= 11 is 0.